The number of nitrogens with two attached hydrogens (primary N) is 1. The molecule has 0 bridgehead atoms. The number of rotatable bonds is 8. The van der Waals surface area contributed by atoms with E-state index in [1.807, 2.05) is 13.0 Å². The lowest BCUT2D eigenvalue weighted by molar-refractivity contribution is 0.338. The Kier molecular flexibility index (Phi) is 7.79. The molecule has 0 atom stereocenters. The number of aliphatic imine (C=N–C) groups is 1. The second-order valence-corrected chi connectivity index (χ2v) is 9.13. The van der Waals surface area contributed by atoms with Gasteiger partial charge in [-0.25, -0.2) is 19.9 Å². The van der Waals surface area contributed by atoms with E-state index in [0.29, 0.717) is 21.8 Å². The number of thiazole rings is 1. The lowest BCUT2D eigenvalue weighted by Gasteiger charge is -2.20. The smallest absolute Gasteiger partial charge is 0.188 e. The van der Waals surface area contributed by atoms with Crippen molar-refractivity contribution in [1.29, 1.82) is 0 Å². The maximum atomic E-state index is 9.00. The highest BCUT2D eigenvalue weighted by atomic mass is 32.2. The molecule has 0 aliphatic heterocycles. The van der Waals surface area contributed by atoms with Gasteiger partial charge in [-0.3, -0.25) is 0 Å². The summed E-state index contributed by atoms with van der Waals surface area (Å²) in [5.41, 5.74) is 7.93. The van der Waals surface area contributed by atoms with Gasteiger partial charge in [-0.15, -0.1) is 0 Å². The third-order valence-electron chi connectivity index (χ3n) is 4.40. The van der Waals surface area contributed by atoms with E-state index in [2.05, 4.69) is 26.9 Å². The minimum atomic E-state index is -0.156. The van der Waals surface area contributed by atoms with E-state index in [0.717, 1.165) is 21.4 Å². The number of thioether (sulfide) groups is 1. The van der Waals surface area contributed by atoms with E-state index in [1.54, 1.807) is 18.0 Å². The van der Waals surface area contributed by atoms with Gasteiger partial charge in [-0.1, -0.05) is 48.9 Å². The maximum absolute atomic E-state index is 9.00. The first-order valence-electron chi connectivity index (χ1n) is 9.57. The van der Waals surface area contributed by atoms with Crippen molar-refractivity contribution in [2.24, 2.45) is 10.7 Å². The average Bonchev–Trinajstić information content (AvgIpc) is 3.19. The topological polar surface area (TPSA) is 109 Å². The molecule has 4 N–H and O–H groups in total. The van der Waals surface area contributed by atoms with Crippen LogP contribution in [0.2, 0.25) is 0 Å². The highest BCUT2D eigenvalue weighted by molar-refractivity contribution is 7.99. The van der Waals surface area contributed by atoms with Gasteiger partial charge in [0.25, 0.3) is 0 Å². The summed E-state index contributed by atoms with van der Waals surface area (Å²) in [5, 5.41) is 14.2. The molecule has 0 unspecified atom stereocenters. The first-order valence-corrected chi connectivity index (χ1v) is 11.3. The van der Waals surface area contributed by atoms with Crippen LogP contribution in [0, 0.1) is 6.92 Å². The van der Waals surface area contributed by atoms with Crippen LogP contribution in [0.3, 0.4) is 0 Å². The van der Waals surface area contributed by atoms with Crippen LogP contribution in [-0.2, 0) is 0 Å². The van der Waals surface area contributed by atoms with E-state index in [9.17, 15) is 0 Å². The summed E-state index contributed by atoms with van der Waals surface area (Å²) in [6.45, 7) is 5.50. The van der Waals surface area contributed by atoms with Crippen molar-refractivity contribution in [2.75, 3.05) is 11.9 Å². The molecular formula is C20H26N6OS2. The zero-order valence-electron chi connectivity index (χ0n) is 16.5. The van der Waals surface area contributed by atoms with Crippen molar-refractivity contribution in [3.63, 3.8) is 0 Å². The zero-order valence-corrected chi connectivity index (χ0v) is 18.1. The highest BCUT2D eigenvalue weighted by Crippen LogP contribution is 2.34. The molecule has 154 valence electrons. The lowest BCUT2D eigenvalue weighted by atomic mass is 10.0. The molecule has 1 fully saturated rings. The van der Waals surface area contributed by atoms with Crippen molar-refractivity contribution in [1.82, 2.24) is 15.0 Å². The van der Waals surface area contributed by atoms with Gasteiger partial charge < -0.3 is 16.2 Å². The largest absolute Gasteiger partial charge is 0.402 e. The van der Waals surface area contributed by atoms with E-state index in [-0.39, 0.29) is 6.61 Å². The maximum Gasteiger partial charge on any atom is 0.188 e. The number of aliphatic hydroxyl groups excluding tert-OH is 1. The van der Waals surface area contributed by atoms with Crippen LogP contribution >= 0.6 is 23.1 Å². The monoisotopic (exact) mass is 430 g/mol. The fourth-order valence-corrected chi connectivity index (χ4v) is 4.93. The van der Waals surface area contributed by atoms with Crippen molar-refractivity contribution in [2.45, 2.75) is 49.4 Å². The number of aliphatic hydroxyl groups is 1. The van der Waals surface area contributed by atoms with Crippen LogP contribution in [0.5, 0.6) is 0 Å². The van der Waals surface area contributed by atoms with Crippen molar-refractivity contribution in [3.05, 3.63) is 42.1 Å². The number of hydrogen-bond acceptors (Lipinski definition) is 9. The number of nitrogens with one attached hydrogen (secondary N) is 1. The van der Waals surface area contributed by atoms with E-state index in [4.69, 9.17) is 15.8 Å². The van der Waals surface area contributed by atoms with Crippen LogP contribution < -0.4 is 11.1 Å². The zero-order chi connectivity index (χ0) is 20.6. The quantitative estimate of drug-likeness (QED) is 0.427. The van der Waals surface area contributed by atoms with Crippen LogP contribution in [-0.4, -0.2) is 38.1 Å². The Balaban J connectivity index is 1.72. The minimum absolute atomic E-state index is 0.156. The van der Waals surface area contributed by atoms with Gasteiger partial charge in [0.15, 0.2) is 10.3 Å². The lowest BCUT2D eigenvalue weighted by Crippen LogP contribution is -2.09. The molecule has 1 aliphatic rings. The van der Waals surface area contributed by atoms with Crippen LogP contribution in [0.15, 0.2) is 46.6 Å². The highest BCUT2D eigenvalue weighted by Gasteiger charge is 2.17. The molecular weight excluding hydrogens is 404 g/mol. The Morgan fingerprint density at radius 2 is 2.21 bits per heavy atom. The van der Waals surface area contributed by atoms with Gasteiger partial charge in [0.1, 0.15) is 5.82 Å². The molecule has 2 aromatic rings. The summed E-state index contributed by atoms with van der Waals surface area (Å²) in [7, 11) is 0. The Morgan fingerprint density at radius 3 is 2.93 bits per heavy atom. The van der Waals surface area contributed by atoms with Crippen LogP contribution in [0.1, 0.15) is 37.8 Å². The number of aromatic nitrogens is 3. The van der Waals surface area contributed by atoms with Gasteiger partial charge in [-0.2, -0.15) is 0 Å². The Labute approximate surface area is 179 Å². The molecule has 1 saturated carbocycles. The van der Waals surface area contributed by atoms with Crippen molar-refractivity contribution in [3.8, 4) is 10.6 Å². The molecule has 0 radical (unpaired) electrons. The molecule has 9 heteroatoms. The Bertz CT molecular complexity index is 902. The number of anilines is 1. The predicted octanol–water partition coefficient (Wildman–Crippen LogP) is 4.12. The SMILES string of the molecule is C=C(C=N/C(=C\N)Nc1ncc(-c2cc(C)nc(SC3CCCCC3)n2)s1)CO. The van der Waals surface area contributed by atoms with Crippen molar-refractivity contribution >= 4 is 34.4 Å². The molecule has 7 nitrogen and oxygen atoms in total. The first-order chi connectivity index (χ1) is 14.1. The predicted molar refractivity (Wildman–Crippen MR) is 121 cm³/mol. The number of aryl methyl sites for hydroxylation is 1. The summed E-state index contributed by atoms with van der Waals surface area (Å²) in [6, 6.07) is 1.98. The van der Waals surface area contributed by atoms with E-state index in [1.165, 1.54) is 55.9 Å². The number of nitrogens with zero attached hydrogens (tertiary/aromatic N) is 4. The molecule has 0 aromatic carbocycles. The number of hydrogen-bond donors (Lipinski definition) is 3. The summed E-state index contributed by atoms with van der Waals surface area (Å²) in [5.74, 6) is 0.424. The third-order valence-corrected chi connectivity index (χ3v) is 6.53. The molecule has 3 rings (SSSR count). The molecule has 0 saturated heterocycles. The van der Waals surface area contributed by atoms with Gasteiger partial charge >= 0.3 is 0 Å². The van der Waals surface area contributed by atoms with E-state index >= 15 is 0 Å². The van der Waals surface area contributed by atoms with Crippen LogP contribution in [0.4, 0.5) is 5.13 Å². The second kappa shape index (κ2) is 10.5. The van der Waals surface area contributed by atoms with Crippen LogP contribution in [0.25, 0.3) is 10.6 Å². The molecule has 0 spiro atoms. The Morgan fingerprint density at radius 1 is 1.41 bits per heavy atom. The summed E-state index contributed by atoms with van der Waals surface area (Å²) in [4.78, 5) is 18.9. The van der Waals surface area contributed by atoms with Gasteiger partial charge in [0.05, 0.1) is 17.2 Å². The van der Waals surface area contributed by atoms with Gasteiger partial charge in [0, 0.05) is 29.6 Å². The summed E-state index contributed by atoms with van der Waals surface area (Å²) >= 11 is 3.26. The molecule has 1 aliphatic carbocycles. The fraction of sp³-hybridized carbons (Fsp3) is 0.400. The fourth-order valence-electron chi connectivity index (χ4n) is 2.93. The van der Waals surface area contributed by atoms with E-state index < -0.39 is 0 Å². The molecule has 2 aromatic heterocycles. The second-order valence-electron chi connectivity index (χ2n) is 6.84. The standard InChI is InChI=1S/C20H26N6OS2/c1-13(12-27)10-22-18(9-21)26-19-23-11-17(29-19)16-8-14(2)24-20(25-16)28-15-6-4-3-5-7-15/h8-11,15,27H,1,3-7,12,21H2,2H3,(H,23,26)/b18-9+,22-10?. The van der Waals surface area contributed by atoms with Gasteiger partial charge in [-0.05, 0) is 31.4 Å². The minimum Gasteiger partial charge on any atom is -0.402 e. The average molecular weight is 431 g/mol. The molecule has 29 heavy (non-hydrogen) atoms. The normalized spacial score (nSPS) is 15.7. The molecule has 2 heterocycles. The Hall–Kier alpha value is -2.23. The molecule has 0 amide bonds. The first kappa shape index (κ1) is 21.5. The van der Waals surface area contributed by atoms with Gasteiger partial charge in [0.2, 0.25) is 0 Å². The van der Waals surface area contributed by atoms with Crippen molar-refractivity contribution < 1.29 is 5.11 Å². The summed E-state index contributed by atoms with van der Waals surface area (Å²) in [6.07, 6.45) is 11.0. The third kappa shape index (κ3) is 6.38. The summed E-state index contributed by atoms with van der Waals surface area (Å²) < 4.78 is 0.